The predicted octanol–water partition coefficient (Wildman–Crippen LogP) is 5.90. The normalized spacial score (nSPS) is 20.6. The molecule has 6 rings (SSSR count). The van der Waals surface area contributed by atoms with E-state index in [0.29, 0.717) is 0 Å². The minimum Gasteiger partial charge on any atom is -0.497 e. The lowest BCUT2D eigenvalue weighted by atomic mass is 9.67. The highest BCUT2D eigenvalue weighted by Gasteiger charge is 2.64. The largest absolute Gasteiger partial charge is 0.497 e. The number of fused-ring (bicyclic) bond motifs is 3. The van der Waals surface area contributed by atoms with E-state index in [9.17, 15) is 4.79 Å². The number of carbonyl (C=O) groups excluding carboxylic acids is 1. The fourth-order valence-corrected chi connectivity index (χ4v) is 5.81. The van der Waals surface area contributed by atoms with E-state index in [0.717, 1.165) is 24.2 Å². The van der Waals surface area contributed by atoms with Gasteiger partial charge in [-0.1, -0.05) is 66.7 Å². The summed E-state index contributed by atoms with van der Waals surface area (Å²) in [6, 6.07) is 27.4. The summed E-state index contributed by atoms with van der Waals surface area (Å²) >= 11 is 0. The molecular formula is C29H25NO2. The van der Waals surface area contributed by atoms with Gasteiger partial charge in [-0.3, -0.25) is 0 Å². The molecule has 32 heavy (non-hydrogen) atoms. The topological polar surface area (TPSA) is 31.2 Å². The van der Waals surface area contributed by atoms with Crippen molar-refractivity contribution in [2.45, 2.75) is 18.3 Å². The monoisotopic (exact) mass is 419 g/mol. The summed E-state index contributed by atoms with van der Waals surface area (Å²) in [6.45, 7) is 0. The van der Waals surface area contributed by atoms with Crippen LogP contribution in [-0.4, -0.2) is 18.0 Å². The second-order valence-corrected chi connectivity index (χ2v) is 9.03. The van der Waals surface area contributed by atoms with Crippen molar-refractivity contribution >= 4 is 22.8 Å². The van der Waals surface area contributed by atoms with Crippen molar-refractivity contribution in [3.8, 4) is 5.75 Å². The van der Waals surface area contributed by atoms with Crippen molar-refractivity contribution < 1.29 is 9.53 Å². The molecule has 0 radical (unpaired) electrons. The predicted molar refractivity (Wildman–Crippen MR) is 128 cm³/mol. The van der Waals surface area contributed by atoms with Gasteiger partial charge in [0.05, 0.1) is 12.5 Å². The van der Waals surface area contributed by atoms with Gasteiger partial charge in [-0.2, -0.15) is 0 Å². The smallest absolute Gasteiger partial charge is 0.127 e. The first-order valence-electron chi connectivity index (χ1n) is 11.1. The first-order chi connectivity index (χ1) is 15.6. The molecule has 1 unspecified atom stereocenters. The Morgan fingerprint density at radius 1 is 0.906 bits per heavy atom. The van der Waals surface area contributed by atoms with Crippen LogP contribution >= 0.6 is 0 Å². The third kappa shape index (κ3) is 2.34. The number of carbonyl (C=O) groups is 1. The molecule has 0 N–H and O–H groups in total. The van der Waals surface area contributed by atoms with E-state index >= 15 is 0 Å². The lowest BCUT2D eigenvalue weighted by Gasteiger charge is -2.36. The zero-order chi connectivity index (χ0) is 21.9. The fraction of sp³-hybridized carbons (Fsp3) is 0.207. The summed E-state index contributed by atoms with van der Waals surface area (Å²) in [4.78, 5) is 12.7. The van der Waals surface area contributed by atoms with Crippen LogP contribution in [-0.2, 0) is 17.3 Å². The average Bonchev–Trinajstić information content (AvgIpc) is 3.50. The maximum atomic E-state index is 12.7. The minimum absolute atomic E-state index is 0.436. The first kappa shape index (κ1) is 19.1. The molecule has 0 bridgehead atoms. The highest BCUT2D eigenvalue weighted by molar-refractivity contribution is 6.04. The highest BCUT2D eigenvalue weighted by Crippen LogP contribution is 2.66. The first-order valence-corrected chi connectivity index (χ1v) is 11.1. The lowest BCUT2D eigenvalue weighted by Crippen LogP contribution is -2.38. The van der Waals surface area contributed by atoms with E-state index < -0.39 is 10.8 Å². The van der Waals surface area contributed by atoms with E-state index in [1.165, 1.54) is 39.6 Å². The molecule has 4 aromatic rings. The number of rotatable bonds is 5. The number of aldehydes is 1. The van der Waals surface area contributed by atoms with Crippen LogP contribution in [0.25, 0.3) is 16.5 Å². The fourth-order valence-electron chi connectivity index (χ4n) is 5.81. The summed E-state index contributed by atoms with van der Waals surface area (Å²) in [7, 11) is 3.83. The number of para-hydroxylation sites is 1. The van der Waals surface area contributed by atoms with Gasteiger partial charge in [0.25, 0.3) is 0 Å². The van der Waals surface area contributed by atoms with Gasteiger partial charge in [-0.05, 0) is 47.7 Å². The highest BCUT2D eigenvalue weighted by atomic mass is 16.5. The van der Waals surface area contributed by atoms with E-state index in [1.807, 2.05) is 18.2 Å². The van der Waals surface area contributed by atoms with Gasteiger partial charge in [0.1, 0.15) is 12.0 Å². The van der Waals surface area contributed by atoms with Gasteiger partial charge in [-0.15, -0.1) is 0 Å². The number of ether oxygens (including phenoxy) is 1. The molecule has 0 saturated heterocycles. The maximum absolute atomic E-state index is 12.7. The number of aryl methyl sites for hydroxylation is 1. The molecule has 0 spiro atoms. The Bertz CT molecular complexity index is 1370. The molecule has 1 heterocycles. The number of hydrogen-bond acceptors (Lipinski definition) is 2. The van der Waals surface area contributed by atoms with Crippen molar-refractivity contribution in [1.29, 1.82) is 0 Å². The molecule has 2 aliphatic carbocycles. The standard InChI is InChI=1S/C29H25NO2/c1-30-25-11-7-6-10-23(25)26-24(20-8-4-3-5-9-20)18-29(27(26)30,28(19-31)16-17-28)21-12-14-22(32-2)15-13-21/h3-15,18-19H,16-17H2,1-2H3. The van der Waals surface area contributed by atoms with Gasteiger partial charge in [-0.25, -0.2) is 0 Å². The Morgan fingerprint density at radius 2 is 1.59 bits per heavy atom. The van der Waals surface area contributed by atoms with E-state index in [1.54, 1.807) is 7.11 Å². The van der Waals surface area contributed by atoms with Crippen molar-refractivity contribution in [2.75, 3.05) is 7.11 Å². The van der Waals surface area contributed by atoms with Crippen LogP contribution in [0.5, 0.6) is 5.75 Å². The van der Waals surface area contributed by atoms with Crippen LogP contribution in [0.15, 0.2) is 84.9 Å². The van der Waals surface area contributed by atoms with E-state index in [2.05, 4.69) is 78.4 Å². The Labute approximate surface area is 188 Å². The molecule has 1 aromatic heterocycles. The molecule has 1 saturated carbocycles. The Balaban J connectivity index is 1.76. The molecule has 0 aliphatic heterocycles. The van der Waals surface area contributed by atoms with Gasteiger partial charge < -0.3 is 14.1 Å². The summed E-state index contributed by atoms with van der Waals surface area (Å²) in [5.41, 5.74) is 6.23. The molecule has 158 valence electrons. The molecule has 1 fully saturated rings. The summed E-state index contributed by atoms with van der Waals surface area (Å²) in [6.07, 6.45) is 5.37. The zero-order valence-electron chi connectivity index (χ0n) is 18.3. The molecule has 2 aliphatic rings. The molecule has 1 atom stereocenters. The van der Waals surface area contributed by atoms with Crippen LogP contribution in [0, 0.1) is 5.41 Å². The number of nitrogens with zero attached hydrogens (tertiary/aromatic N) is 1. The lowest BCUT2D eigenvalue weighted by molar-refractivity contribution is -0.113. The Hall–Kier alpha value is -3.59. The molecule has 3 aromatic carbocycles. The van der Waals surface area contributed by atoms with Crippen LogP contribution in [0.4, 0.5) is 0 Å². The second kappa shape index (κ2) is 6.70. The van der Waals surface area contributed by atoms with Gasteiger partial charge in [0.2, 0.25) is 0 Å². The quantitative estimate of drug-likeness (QED) is 0.377. The third-order valence-corrected chi connectivity index (χ3v) is 7.54. The van der Waals surface area contributed by atoms with Crippen molar-refractivity contribution in [3.63, 3.8) is 0 Å². The van der Waals surface area contributed by atoms with Crippen molar-refractivity contribution in [3.05, 3.63) is 107 Å². The van der Waals surface area contributed by atoms with Crippen LogP contribution in [0.1, 0.15) is 35.2 Å². The number of benzene rings is 3. The van der Waals surface area contributed by atoms with Gasteiger partial charge >= 0.3 is 0 Å². The zero-order valence-corrected chi connectivity index (χ0v) is 18.3. The number of allylic oxidation sites excluding steroid dienone is 1. The van der Waals surface area contributed by atoms with E-state index in [-0.39, 0.29) is 0 Å². The average molecular weight is 420 g/mol. The second-order valence-electron chi connectivity index (χ2n) is 9.03. The van der Waals surface area contributed by atoms with Crippen LogP contribution < -0.4 is 4.74 Å². The molecule has 0 amide bonds. The van der Waals surface area contributed by atoms with Gasteiger partial charge in [0.15, 0.2) is 0 Å². The number of methoxy groups -OCH3 is 1. The van der Waals surface area contributed by atoms with Crippen LogP contribution in [0.2, 0.25) is 0 Å². The summed E-state index contributed by atoms with van der Waals surface area (Å²) in [5.74, 6) is 0.822. The maximum Gasteiger partial charge on any atom is 0.127 e. The van der Waals surface area contributed by atoms with E-state index in [4.69, 9.17) is 4.74 Å². The molecule has 3 nitrogen and oxygen atoms in total. The molecule has 3 heteroatoms. The third-order valence-electron chi connectivity index (χ3n) is 7.54. The summed E-state index contributed by atoms with van der Waals surface area (Å²) < 4.78 is 7.74. The SMILES string of the molecule is COc1ccc(C2(C3(C=O)CC3)C=C(c3ccccc3)c3c2n(C)c2ccccc32)cc1. The van der Waals surface area contributed by atoms with Gasteiger partial charge in [0, 0.05) is 34.6 Å². The van der Waals surface area contributed by atoms with Crippen LogP contribution in [0.3, 0.4) is 0 Å². The minimum atomic E-state index is -0.519. The Kier molecular flexibility index (Phi) is 4.00. The Morgan fingerprint density at radius 3 is 2.25 bits per heavy atom. The van der Waals surface area contributed by atoms with Crippen molar-refractivity contribution in [1.82, 2.24) is 4.57 Å². The molecular weight excluding hydrogens is 394 g/mol. The number of aromatic nitrogens is 1. The van der Waals surface area contributed by atoms with Crippen molar-refractivity contribution in [2.24, 2.45) is 12.5 Å². The number of hydrogen-bond donors (Lipinski definition) is 0. The summed E-state index contributed by atoms with van der Waals surface area (Å²) in [5, 5.41) is 1.23.